The average Bonchev–Trinajstić information content (AvgIpc) is 3.11. The second-order valence-electron chi connectivity index (χ2n) is 4.68. The van der Waals surface area contributed by atoms with Gasteiger partial charge in [0, 0.05) is 24.7 Å². The summed E-state index contributed by atoms with van der Waals surface area (Å²) in [6.45, 7) is 2.08. The topological polar surface area (TPSA) is 53.9 Å². The Balaban J connectivity index is 1.78. The molecule has 0 aliphatic carbocycles. The minimum Gasteiger partial charge on any atom is -0.372 e. The highest BCUT2D eigenvalue weighted by atomic mass is 32.1. The third-order valence-electron chi connectivity index (χ3n) is 3.46. The molecule has 1 fully saturated rings. The van der Waals surface area contributed by atoms with Crippen LogP contribution in [0.3, 0.4) is 0 Å². The van der Waals surface area contributed by atoms with Gasteiger partial charge in [-0.3, -0.25) is 14.9 Å². The summed E-state index contributed by atoms with van der Waals surface area (Å²) in [4.78, 5) is 16.8. The maximum Gasteiger partial charge on any atom is 0.144 e. The third kappa shape index (κ3) is 2.74. The summed E-state index contributed by atoms with van der Waals surface area (Å²) >= 11 is 1.71. The lowest BCUT2D eigenvalue weighted by Crippen LogP contribution is -2.23. The number of likely N-dealkylation sites (tertiary alicyclic amines) is 1. The van der Waals surface area contributed by atoms with Crippen molar-refractivity contribution in [2.45, 2.75) is 25.4 Å². The largest absolute Gasteiger partial charge is 0.372 e. The molecular weight excluding hydrogens is 258 g/mol. The van der Waals surface area contributed by atoms with Gasteiger partial charge < -0.3 is 5.32 Å². The maximum atomic E-state index is 4.63. The first kappa shape index (κ1) is 12.5. The zero-order valence-electron chi connectivity index (χ0n) is 10.9. The fourth-order valence-electron chi connectivity index (χ4n) is 2.53. The Kier molecular flexibility index (Phi) is 3.70. The summed E-state index contributed by atoms with van der Waals surface area (Å²) in [5.41, 5.74) is 2.95. The summed E-state index contributed by atoms with van der Waals surface area (Å²) in [6.07, 6.45) is 7.97. The molecule has 0 radical (unpaired) electrons. The minimum atomic E-state index is 0.378. The molecule has 3 heterocycles. The lowest BCUT2D eigenvalue weighted by atomic mass is 10.1. The van der Waals surface area contributed by atoms with Gasteiger partial charge in [-0.05, 0) is 19.4 Å². The highest BCUT2D eigenvalue weighted by Crippen LogP contribution is 2.32. The van der Waals surface area contributed by atoms with Gasteiger partial charge in [0.15, 0.2) is 0 Å². The summed E-state index contributed by atoms with van der Waals surface area (Å²) in [6, 6.07) is 0.378. The van der Waals surface area contributed by atoms with Gasteiger partial charge in [-0.15, -0.1) is 11.3 Å². The molecule has 1 aliphatic rings. The Bertz CT molecular complexity index is 528. The summed E-state index contributed by atoms with van der Waals surface area (Å²) in [7, 11) is 1.87. The van der Waals surface area contributed by atoms with Crippen molar-refractivity contribution < 1.29 is 0 Å². The first-order chi connectivity index (χ1) is 9.36. The molecule has 1 N–H and O–H groups in total. The van der Waals surface area contributed by atoms with Crippen LogP contribution in [-0.2, 0) is 6.54 Å². The molecule has 19 heavy (non-hydrogen) atoms. The van der Waals surface area contributed by atoms with Gasteiger partial charge in [0.2, 0.25) is 0 Å². The van der Waals surface area contributed by atoms with Crippen LogP contribution in [0, 0.1) is 0 Å². The van der Waals surface area contributed by atoms with Crippen LogP contribution < -0.4 is 5.32 Å². The monoisotopic (exact) mass is 275 g/mol. The zero-order chi connectivity index (χ0) is 13.1. The molecule has 0 saturated carbocycles. The van der Waals surface area contributed by atoms with Crippen LogP contribution in [-0.4, -0.2) is 33.4 Å². The van der Waals surface area contributed by atoms with Crippen molar-refractivity contribution in [2.75, 3.05) is 18.9 Å². The van der Waals surface area contributed by atoms with E-state index in [0.717, 1.165) is 31.0 Å². The Morgan fingerprint density at radius 2 is 2.32 bits per heavy atom. The molecule has 1 saturated heterocycles. The van der Waals surface area contributed by atoms with Crippen molar-refractivity contribution in [1.29, 1.82) is 0 Å². The van der Waals surface area contributed by atoms with Gasteiger partial charge in [0.25, 0.3) is 0 Å². The zero-order valence-corrected chi connectivity index (χ0v) is 11.7. The van der Waals surface area contributed by atoms with Crippen LogP contribution >= 0.6 is 11.3 Å². The van der Waals surface area contributed by atoms with E-state index < -0.39 is 0 Å². The number of aromatic nitrogens is 3. The highest BCUT2D eigenvalue weighted by molar-refractivity contribution is 7.09. The van der Waals surface area contributed by atoms with Crippen molar-refractivity contribution in [3.05, 3.63) is 34.7 Å². The molecule has 0 aromatic carbocycles. The molecule has 5 nitrogen and oxygen atoms in total. The quantitative estimate of drug-likeness (QED) is 0.928. The van der Waals surface area contributed by atoms with Gasteiger partial charge in [-0.2, -0.15) is 0 Å². The molecule has 2 aromatic heterocycles. The lowest BCUT2D eigenvalue weighted by molar-refractivity contribution is 0.246. The number of nitrogens with one attached hydrogen (secondary N) is 1. The molecule has 0 spiro atoms. The fourth-order valence-corrected chi connectivity index (χ4v) is 3.15. The van der Waals surface area contributed by atoms with Gasteiger partial charge in [-0.25, -0.2) is 4.98 Å². The lowest BCUT2D eigenvalue weighted by Gasteiger charge is -2.23. The standard InChI is InChI=1S/C13H17N5S/c1-14-13-7-15-6-11(17-13)12-3-2-4-18(12)8-10-5-16-9-19-10/h5-7,9,12H,2-4,8H2,1H3,(H,14,17). The van der Waals surface area contributed by atoms with Crippen LogP contribution in [0.1, 0.15) is 29.5 Å². The molecule has 6 heteroatoms. The summed E-state index contributed by atoms with van der Waals surface area (Å²) in [5, 5.41) is 3.05. The Morgan fingerprint density at radius 3 is 3.11 bits per heavy atom. The Labute approximate surface area is 116 Å². The normalized spacial score (nSPS) is 19.7. The molecular formula is C13H17N5S. The molecule has 1 atom stereocenters. The van der Waals surface area contributed by atoms with E-state index in [1.165, 1.54) is 11.3 Å². The van der Waals surface area contributed by atoms with Crippen molar-refractivity contribution in [1.82, 2.24) is 19.9 Å². The first-order valence-electron chi connectivity index (χ1n) is 6.48. The van der Waals surface area contributed by atoms with Crippen molar-refractivity contribution in [3.63, 3.8) is 0 Å². The predicted molar refractivity (Wildman–Crippen MR) is 76.1 cm³/mol. The first-order valence-corrected chi connectivity index (χ1v) is 7.36. The number of nitrogens with zero attached hydrogens (tertiary/aromatic N) is 4. The van der Waals surface area contributed by atoms with E-state index in [-0.39, 0.29) is 0 Å². The fraction of sp³-hybridized carbons (Fsp3) is 0.462. The third-order valence-corrected chi connectivity index (χ3v) is 4.22. The predicted octanol–water partition coefficient (Wildman–Crippen LogP) is 2.31. The SMILES string of the molecule is CNc1cncc(C2CCCN2Cc2cncs2)n1. The van der Waals surface area contributed by atoms with Crippen LogP contribution in [0.15, 0.2) is 24.1 Å². The van der Waals surface area contributed by atoms with E-state index in [1.807, 2.05) is 25.0 Å². The molecule has 0 bridgehead atoms. The maximum absolute atomic E-state index is 4.63. The average molecular weight is 275 g/mol. The van der Waals surface area contributed by atoms with E-state index in [9.17, 15) is 0 Å². The van der Waals surface area contributed by atoms with Gasteiger partial charge in [0.05, 0.1) is 29.6 Å². The van der Waals surface area contributed by atoms with E-state index in [0.29, 0.717) is 6.04 Å². The Hall–Kier alpha value is -1.53. The molecule has 3 rings (SSSR count). The van der Waals surface area contributed by atoms with Gasteiger partial charge in [-0.1, -0.05) is 0 Å². The second kappa shape index (κ2) is 5.63. The summed E-state index contributed by atoms with van der Waals surface area (Å²) < 4.78 is 0. The van der Waals surface area contributed by atoms with Crippen molar-refractivity contribution >= 4 is 17.2 Å². The number of hydrogen-bond donors (Lipinski definition) is 1. The smallest absolute Gasteiger partial charge is 0.144 e. The summed E-state index contributed by atoms with van der Waals surface area (Å²) in [5.74, 6) is 0.835. The molecule has 1 aliphatic heterocycles. The van der Waals surface area contributed by atoms with E-state index in [4.69, 9.17) is 0 Å². The van der Waals surface area contributed by atoms with Crippen molar-refractivity contribution in [2.24, 2.45) is 0 Å². The van der Waals surface area contributed by atoms with Crippen LogP contribution in [0.25, 0.3) is 0 Å². The number of hydrogen-bond acceptors (Lipinski definition) is 6. The van der Waals surface area contributed by atoms with Gasteiger partial charge in [0.1, 0.15) is 5.82 Å². The van der Waals surface area contributed by atoms with Crippen LogP contribution in [0.2, 0.25) is 0 Å². The van der Waals surface area contributed by atoms with Gasteiger partial charge >= 0.3 is 0 Å². The Morgan fingerprint density at radius 1 is 1.37 bits per heavy atom. The number of anilines is 1. The van der Waals surface area contributed by atoms with E-state index in [1.54, 1.807) is 17.5 Å². The van der Waals surface area contributed by atoms with Crippen molar-refractivity contribution in [3.8, 4) is 0 Å². The molecule has 100 valence electrons. The number of rotatable bonds is 4. The van der Waals surface area contributed by atoms with E-state index >= 15 is 0 Å². The van der Waals surface area contributed by atoms with Crippen LogP contribution in [0.5, 0.6) is 0 Å². The molecule has 2 aromatic rings. The van der Waals surface area contributed by atoms with E-state index in [2.05, 4.69) is 25.2 Å². The minimum absolute atomic E-state index is 0.378. The number of thiazole rings is 1. The van der Waals surface area contributed by atoms with Crippen LogP contribution in [0.4, 0.5) is 5.82 Å². The highest BCUT2D eigenvalue weighted by Gasteiger charge is 2.27. The molecule has 1 unspecified atom stereocenters. The molecule has 0 amide bonds. The second-order valence-corrected chi connectivity index (χ2v) is 5.65.